The number of carbonyl (C=O) groups excluding carboxylic acids is 1. The molecule has 2 aliphatic heterocycles. The smallest absolute Gasteiger partial charge is 0.227 e. The lowest BCUT2D eigenvalue weighted by atomic mass is 10.0. The molecule has 3 nitrogen and oxygen atoms in total. The van der Waals surface area contributed by atoms with E-state index in [1.807, 2.05) is 11.8 Å². The molecule has 2 fully saturated rings. The second-order valence-corrected chi connectivity index (χ2v) is 4.46. The molecule has 82 valence electrons. The first-order chi connectivity index (χ1) is 7.27. The van der Waals surface area contributed by atoms with Crippen molar-refractivity contribution in [2.75, 3.05) is 32.7 Å². The molecule has 0 bridgehead atoms. The van der Waals surface area contributed by atoms with E-state index >= 15 is 0 Å². The monoisotopic (exact) mass is 206 g/mol. The molecule has 2 rings (SSSR count). The van der Waals surface area contributed by atoms with Gasteiger partial charge in [0.05, 0.1) is 19.0 Å². The molecule has 2 aliphatic rings. The van der Waals surface area contributed by atoms with E-state index in [2.05, 4.69) is 16.7 Å². The first-order valence-electron chi connectivity index (χ1n) is 5.74. The zero-order valence-electron chi connectivity index (χ0n) is 9.33. The molecule has 1 unspecified atom stereocenters. The lowest BCUT2D eigenvalue weighted by Crippen LogP contribution is -2.50. The van der Waals surface area contributed by atoms with Gasteiger partial charge in [-0.15, -0.1) is 0 Å². The van der Waals surface area contributed by atoms with E-state index in [9.17, 15) is 4.79 Å². The molecule has 0 aliphatic carbocycles. The van der Waals surface area contributed by atoms with Crippen LogP contribution < -0.4 is 0 Å². The SMILES string of the molecule is CC1CN(CC#CCN2CCCC2)C1=O. The zero-order chi connectivity index (χ0) is 10.7. The van der Waals surface area contributed by atoms with Crippen LogP contribution in [0.4, 0.5) is 0 Å². The van der Waals surface area contributed by atoms with Gasteiger partial charge in [-0.1, -0.05) is 18.8 Å². The molecule has 0 aromatic rings. The van der Waals surface area contributed by atoms with Crippen LogP contribution in [0.3, 0.4) is 0 Å². The van der Waals surface area contributed by atoms with Gasteiger partial charge in [0.2, 0.25) is 5.91 Å². The highest BCUT2D eigenvalue weighted by molar-refractivity contribution is 5.84. The van der Waals surface area contributed by atoms with Crippen molar-refractivity contribution < 1.29 is 4.79 Å². The number of hydrogen-bond acceptors (Lipinski definition) is 2. The van der Waals surface area contributed by atoms with Crippen molar-refractivity contribution in [2.24, 2.45) is 5.92 Å². The Morgan fingerprint density at radius 2 is 1.93 bits per heavy atom. The largest absolute Gasteiger partial charge is 0.330 e. The van der Waals surface area contributed by atoms with Crippen LogP contribution in [0.1, 0.15) is 19.8 Å². The van der Waals surface area contributed by atoms with Gasteiger partial charge in [-0.25, -0.2) is 0 Å². The fraction of sp³-hybridized carbons (Fsp3) is 0.750. The normalized spacial score (nSPS) is 26.1. The third-order valence-corrected chi connectivity index (χ3v) is 3.12. The van der Waals surface area contributed by atoms with Crippen LogP contribution in [-0.2, 0) is 4.79 Å². The maximum Gasteiger partial charge on any atom is 0.227 e. The molecule has 0 saturated carbocycles. The molecule has 0 aromatic carbocycles. The maximum atomic E-state index is 11.3. The summed E-state index contributed by atoms with van der Waals surface area (Å²) in [5, 5.41) is 0. The molecule has 0 N–H and O–H groups in total. The number of rotatable bonds is 2. The maximum absolute atomic E-state index is 11.3. The van der Waals surface area contributed by atoms with Crippen molar-refractivity contribution in [1.82, 2.24) is 9.80 Å². The van der Waals surface area contributed by atoms with Crippen LogP contribution in [0.2, 0.25) is 0 Å². The summed E-state index contributed by atoms with van der Waals surface area (Å²) in [5.74, 6) is 6.70. The van der Waals surface area contributed by atoms with E-state index in [0.717, 1.165) is 13.1 Å². The van der Waals surface area contributed by atoms with Gasteiger partial charge >= 0.3 is 0 Å². The van der Waals surface area contributed by atoms with E-state index in [1.165, 1.54) is 25.9 Å². The fourth-order valence-corrected chi connectivity index (χ4v) is 2.10. The molecular weight excluding hydrogens is 188 g/mol. The molecule has 0 radical (unpaired) electrons. The zero-order valence-corrected chi connectivity index (χ0v) is 9.33. The molecule has 2 saturated heterocycles. The summed E-state index contributed by atoms with van der Waals surface area (Å²) >= 11 is 0. The summed E-state index contributed by atoms with van der Waals surface area (Å²) < 4.78 is 0. The van der Waals surface area contributed by atoms with E-state index in [4.69, 9.17) is 0 Å². The van der Waals surface area contributed by atoms with Crippen LogP contribution in [0.5, 0.6) is 0 Å². The van der Waals surface area contributed by atoms with Crippen LogP contribution in [0, 0.1) is 17.8 Å². The van der Waals surface area contributed by atoms with Crippen LogP contribution in [-0.4, -0.2) is 48.4 Å². The van der Waals surface area contributed by atoms with Gasteiger partial charge in [-0.2, -0.15) is 0 Å². The van der Waals surface area contributed by atoms with Gasteiger partial charge in [-0.05, 0) is 25.9 Å². The highest BCUT2D eigenvalue weighted by Crippen LogP contribution is 2.14. The average Bonchev–Trinajstić information content (AvgIpc) is 2.75. The summed E-state index contributed by atoms with van der Waals surface area (Å²) in [7, 11) is 0. The lowest BCUT2D eigenvalue weighted by Gasteiger charge is -2.34. The summed E-state index contributed by atoms with van der Waals surface area (Å²) in [6, 6.07) is 0. The van der Waals surface area contributed by atoms with Gasteiger partial charge in [0.15, 0.2) is 0 Å². The fourth-order valence-electron chi connectivity index (χ4n) is 2.10. The van der Waals surface area contributed by atoms with Crippen molar-refractivity contribution in [2.45, 2.75) is 19.8 Å². The van der Waals surface area contributed by atoms with Crippen LogP contribution in [0.25, 0.3) is 0 Å². The second-order valence-electron chi connectivity index (χ2n) is 4.46. The van der Waals surface area contributed by atoms with Gasteiger partial charge in [0.25, 0.3) is 0 Å². The summed E-state index contributed by atoms with van der Waals surface area (Å²) in [6.07, 6.45) is 2.62. The molecule has 1 atom stereocenters. The Kier molecular flexibility index (Phi) is 3.27. The van der Waals surface area contributed by atoms with Crippen molar-refractivity contribution in [3.05, 3.63) is 0 Å². The van der Waals surface area contributed by atoms with Crippen LogP contribution >= 0.6 is 0 Å². The van der Waals surface area contributed by atoms with Crippen molar-refractivity contribution in [3.63, 3.8) is 0 Å². The number of β-lactam (4-membered cyclic amide) rings is 1. The first-order valence-corrected chi connectivity index (χ1v) is 5.74. The van der Waals surface area contributed by atoms with E-state index in [-0.39, 0.29) is 11.8 Å². The number of nitrogens with zero attached hydrogens (tertiary/aromatic N) is 2. The molecule has 2 heterocycles. The minimum absolute atomic E-state index is 0.227. The summed E-state index contributed by atoms with van der Waals surface area (Å²) in [4.78, 5) is 15.4. The number of amides is 1. The summed E-state index contributed by atoms with van der Waals surface area (Å²) in [6.45, 7) is 6.73. The lowest BCUT2D eigenvalue weighted by molar-refractivity contribution is -0.145. The average molecular weight is 206 g/mol. The molecule has 0 aromatic heterocycles. The molecule has 15 heavy (non-hydrogen) atoms. The second kappa shape index (κ2) is 4.67. The quantitative estimate of drug-likeness (QED) is 0.487. The van der Waals surface area contributed by atoms with E-state index in [1.54, 1.807) is 0 Å². The third-order valence-electron chi connectivity index (χ3n) is 3.12. The highest BCUT2D eigenvalue weighted by Gasteiger charge is 2.31. The Balaban J connectivity index is 1.65. The Bertz CT molecular complexity index is 296. The highest BCUT2D eigenvalue weighted by atomic mass is 16.2. The molecular formula is C12H18N2O. The van der Waals surface area contributed by atoms with Crippen molar-refractivity contribution in [3.8, 4) is 11.8 Å². The summed E-state index contributed by atoms with van der Waals surface area (Å²) in [5.41, 5.74) is 0. The Labute approximate surface area is 91.4 Å². The minimum atomic E-state index is 0.227. The first kappa shape index (κ1) is 10.5. The van der Waals surface area contributed by atoms with Gasteiger partial charge < -0.3 is 4.90 Å². The topological polar surface area (TPSA) is 23.6 Å². The van der Waals surface area contributed by atoms with Crippen molar-refractivity contribution >= 4 is 5.91 Å². The third kappa shape index (κ3) is 2.51. The van der Waals surface area contributed by atoms with Gasteiger partial charge in [0.1, 0.15) is 0 Å². The molecule has 0 spiro atoms. The standard InChI is InChI=1S/C12H18N2O/c1-11-10-14(12(11)15)9-5-4-8-13-6-2-3-7-13/h11H,2-3,6-10H2,1H3. The Morgan fingerprint density at radius 3 is 2.53 bits per heavy atom. The van der Waals surface area contributed by atoms with Gasteiger partial charge in [0, 0.05) is 6.54 Å². The molecule has 3 heteroatoms. The predicted octanol–water partition coefficient (Wildman–Crippen LogP) is 0.564. The van der Waals surface area contributed by atoms with Crippen LogP contribution in [0.15, 0.2) is 0 Å². The Hall–Kier alpha value is -1.01. The number of carbonyl (C=O) groups is 1. The van der Waals surface area contributed by atoms with Crippen molar-refractivity contribution in [1.29, 1.82) is 0 Å². The van der Waals surface area contributed by atoms with Gasteiger partial charge in [-0.3, -0.25) is 9.69 Å². The number of likely N-dealkylation sites (tertiary alicyclic amines) is 2. The predicted molar refractivity (Wildman–Crippen MR) is 59.2 cm³/mol. The minimum Gasteiger partial charge on any atom is -0.330 e. The Morgan fingerprint density at radius 1 is 1.27 bits per heavy atom. The van der Waals surface area contributed by atoms with E-state index in [0.29, 0.717) is 6.54 Å². The number of hydrogen-bond donors (Lipinski definition) is 0. The van der Waals surface area contributed by atoms with E-state index < -0.39 is 0 Å². The molecule has 1 amide bonds.